The van der Waals surface area contributed by atoms with Crippen LogP contribution in [0.3, 0.4) is 0 Å². The van der Waals surface area contributed by atoms with Gasteiger partial charge >= 0.3 is 0 Å². The number of anilines is 1. The van der Waals surface area contributed by atoms with E-state index in [-0.39, 0.29) is 6.04 Å². The van der Waals surface area contributed by atoms with E-state index in [1.165, 1.54) is 6.39 Å². The lowest BCUT2D eigenvalue weighted by atomic mass is 10.1. The van der Waals surface area contributed by atoms with E-state index in [0.29, 0.717) is 5.89 Å². The average Bonchev–Trinajstić information content (AvgIpc) is 3.14. The molecule has 0 radical (unpaired) electrons. The van der Waals surface area contributed by atoms with Crippen LogP contribution in [0.25, 0.3) is 11.5 Å². The summed E-state index contributed by atoms with van der Waals surface area (Å²) in [6.07, 6.45) is 3.16. The van der Waals surface area contributed by atoms with Gasteiger partial charge in [0.15, 0.2) is 0 Å². The van der Waals surface area contributed by atoms with Crippen LogP contribution in [0.5, 0.6) is 0 Å². The molecule has 2 heterocycles. The Morgan fingerprint density at radius 3 is 2.90 bits per heavy atom. The van der Waals surface area contributed by atoms with Crippen molar-refractivity contribution in [2.75, 3.05) is 5.32 Å². The van der Waals surface area contributed by atoms with Gasteiger partial charge < -0.3 is 9.73 Å². The molecule has 0 saturated heterocycles. The highest BCUT2D eigenvalue weighted by Crippen LogP contribution is 2.27. The van der Waals surface area contributed by atoms with Gasteiger partial charge in [-0.3, -0.25) is 0 Å². The number of aromatic nitrogens is 3. The Morgan fingerprint density at radius 1 is 1.35 bits per heavy atom. The SMILES string of the molecule is Cc1cc(-c2nnco2)ccc1NC(C)c1nccs1. The van der Waals surface area contributed by atoms with E-state index in [9.17, 15) is 0 Å². The lowest BCUT2D eigenvalue weighted by Crippen LogP contribution is -2.07. The molecule has 0 amide bonds. The molecule has 3 rings (SSSR count). The molecule has 1 N–H and O–H groups in total. The monoisotopic (exact) mass is 286 g/mol. The number of nitrogens with zero attached hydrogens (tertiary/aromatic N) is 3. The Balaban J connectivity index is 1.81. The molecule has 6 heteroatoms. The van der Waals surface area contributed by atoms with E-state index < -0.39 is 0 Å². The zero-order chi connectivity index (χ0) is 13.9. The second-order valence-electron chi connectivity index (χ2n) is 4.51. The molecule has 2 aromatic heterocycles. The molecular formula is C14H14N4OS. The summed E-state index contributed by atoms with van der Waals surface area (Å²) in [6, 6.07) is 6.21. The molecule has 0 bridgehead atoms. The minimum Gasteiger partial charge on any atom is -0.423 e. The normalized spacial score (nSPS) is 12.3. The fourth-order valence-corrected chi connectivity index (χ4v) is 2.65. The average molecular weight is 286 g/mol. The van der Waals surface area contributed by atoms with Crippen LogP contribution in [0.4, 0.5) is 5.69 Å². The van der Waals surface area contributed by atoms with E-state index >= 15 is 0 Å². The summed E-state index contributed by atoms with van der Waals surface area (Å²) >= 11 is 1.65. The van der Waals surface area contributed by atoms with E-state index in [2.05, 4.69) is 34.3 Å². The Bertz CT molecular complexity index is 679. The third-order valence-corrected chi connectivity index (χ3v) is 3.99. The standard InChI is InChI=1S/C14H14N4OS/c1-9-7-11(13-18-16-8-19-13)3-4-12(9)17-10(2)14-15-5-6-20-14/h3-8,10,17H,1-2H3. The van der Waals surface area contributed by atoms with Crippen molar-refractivity contribution in [3.8, 4) is 11.5 Å². The third-order valence-electron chi connectivity index (χ3n) is 3.03. The molecule has 0 spiro atoms. The predicted molar refractivity (Wildman–Crippen MR) is 78.6 cm³/mol. The van der Waals surface area contributed by atoms with Crippen LogP contribution >= 0.6 is 11.3 Å². The quantitative estimate of drug-likeness (QED) is 0.792. The number of hydrogen-bond acceptors (Lipinski definition) is 6. The maximum absolute atomic E-state index is 5.20. The van der Waals surface area contributed by atoms with Crippen LogP contribution in [-0.2, 0) is 0 Å². The highest BCUT2D eigenvalue weighted by Gasteiger charge is 2.11. The summed E-state index contributed by atoms with van der Waals surface area (Å²) < 4.78 is 5.20. The molecule has 0 fully saturated rings. The predicted octanol–water partition coefficient (Wildman–Crippen LogP) is 3.67. The lowest BCUT2D eigenvalue weighted by Gasteiger charge is -2.15. The summed E-state index contributed by atoms with van der Waals surface area (Å²) in [4.78, 5) is 4.32. The van der Waals surface area contributed by atoms with Crippen LogP contribution in [0, 0.1) is 6.92 Å². The lowest BCUT2D eigenvalue weighted by molar-refractivity contribution is 0.568. The van der Waals surface area contributed by atoms with Crippen LogP contribution in [0.1, 0.15) is 23.5 Å². The largest absolute Gasteiger partial charge is 0.423 e. The molecule has 1 aromatic carbocycles. The molecule has 0 aliphatic rings. The van der Waals surface area contributed by atoms with Gasteiger partial charge in [-0.15, -0.1) is 21.5 Å². The second-order valence-corrected chi connectivity index (χ2v) is 5.44. The van der Waals surface area contributed by atoms with Gasteiger partial charge in [-0.1, -0.05) is 0 Å². The number of aryl methyl sites for hydroxylation is 1. The Hall–Kier alpha value is -2.21. The molecule has 0 aliphatic carbocycles. The van der Waals surface area contributed by atoms with Crippen molar-refractivity contribution in [1.82, 2.24) is 15.2 Å². The van der Waals surface area contributed by atoms with Gasteiger partial charge in [-0.2, -0.15) is 0 Å². The van der Waals surface area contributed by atoms with Gasteiger partial charge in [0.1, 0.15) is 5.01 Å². The Kier molecular flexibility index (Phi) is 3.47. The van der Waals surface area contributed by atoms with Crippen LogP contribution in [-0.4, -0.2) is 15.2 Å². The van der Waals surface area contributed by atoms with Gasteiger partial charge in [0.05, 0.1) is 6.04 Å². The van der Waals surface area contributed by atoms with Crippen molar-refractivity contribution >= 4 is 17.0 Å². The van der Waals surface area contributed by atoms with Gasteiger partial charge in [0.25, 0.3) is 0 Å². The summed E-state index contributed by atoms with van der Waals surface area (Å²) in [5, 5.41) is 14.1. The van der Waals surface area contributed by atoms with Gasteiger partial charge in [-0.25, -0.2) is 4.98 Å². The van der Waals surface area contributed by atoms with Gasteiger partial charge in [-0.05, 0) is 37.6 Å². The number of nitrogens with one attached hydrogen (secondary N) is 1. The minimum atomic E-state index is 0.183. The molecule has 1 atom stereocenters. The maximum atomic E-state index is 5.20. The number of rotatable bonds is 4. The van der Waals surface area contributed by atoms with E-state index in [4.69, 9.17) is 4.42 Å². The molecule has 5 nitrogen and oxygen atoms in total. The summed E-state index contributed by atoms with van der Waals surface area (Å²) in [6.45, 7) is 4.15. The fraction of sp³-hybridized carbons (Fsp3) is 0.214. The summed E-state index contributed by atoms with van der Waals surface area (Å²) in [5.41, 5.74) is 3.13. The topological polar surface area (TPSA) is 63.8 Å². The molecular weight excluding hydrogens is 272 g/mol. The van der Waals surface area contributed by atoms with Crippen molar-refractivity contribution in [2.45, 2.75) is 19.9 Å². The van der Waals surface area contributed by atoms with Crippen molar-refractivity contribution in [2.24, 2.45) is 0 Å². The molecule has 102 valence electrons. The number of thiazole rings is 1. The first-order chi connectivity index (χ1) is 9.74. The van der Waals surface area contributed by atoms with Crippen LogP contribution in [0.2, 0.25) is 0 Å². The van der Waals surface area contributed by atoms with Gasteiger partial charge in [0, 0.05) is 22.8 Å². The summed E-state index contributed by atoms with van der Waals surface area (Å²) in [5.74, 6) is 0.535. The van der Waals surface area contributed by atoms with Crippen molar-refractivity contribution < 1.29 is 4.42 Å². The van der Waals surface area contributed by atoms with E-state index in [1.54, 1.807) is 11.3 Å². The number of benzene rings is 1. The zero-order valence-corrected chi connectivity index (χ0v) is 12.0. The Morgan fingerprint density at radius 2 is 2.25 bits per heavy atom. The molecule has 3 aromatic rings. The first-order valence-electron chi connectivity index (χ1n) is 6.27. The third kappa shape index (κ3) is 2.55. The highest BCUT2D eigenvalue weighted by molar-refractivity contribution is 7.09. The summed E-state index contributed by atoms with van der Waals surface area (Å²) in [7, 11) is 0. The maximum Gasteiger partial charge on any atom is 0.247 e. The molecule has 0 saturated carbocycles. The van der Waals surface area contributed by atoms with Crippen molar-refractivity contribution in [3.05, 3.63) is 46.7 Å². The van der Waals surface area contributed by atoms with Crippen molar-refractivity contribution in [3.63, 3.8) is 0 Å². The highest BCUT2D eigenvalue weighted by atomic mass is 32.1. The molecule has 20 heavy (non-hydrogen) atoms. The van der Waals surface area contributed by atoms with Gasteiger partial charge in [0.2, 0.25) is 12.3 Å². The number of hydrogen-bond donors (Lipinski definition) is 1. The zero-order valence-electron chi connectivity index (χ0n) is 11.2. The fourth-order valence-electron chi connectivity index (χ4n) is 2.00. The van der Waals surface area contributed by atoms with Crippen LogP contribution in [0.15, 0.2) is 40.6 Å². The molecule has 0 aliphatic heterocycles. The Labute approximate surface area is 120 Å². The van der Waals surface area contributed by atoms with E-state index in [0.717, 1.165) is 21.8 Å². The first-order valence-corrected chi connectivity index (χ1v) is 7.15. The molecule has 1 unspecified atom stereocenters. The smallest absolute Gasteiger partial charge is 0.247 e. The van der Waals surface area contributed by atoms with E-state index in [1.807, 2.05) is 29.8 Å². The first kappa shape index (κ1) is 12.8. The van der Waals surface area contributed by atoms with Crippen molar-refractivity contribution in [1.29, 1.82) is 0 Å². The van der Waals surface area contributed by atoms with Crippen LogP contribution < -0.4 is 5.32 Å². The second kappa shape index (κ2) is 5.42. The minimum absolute atomic E-state index is 0.183.